The average Bonchev–Trinajstić information content (AvgIpc) is 2.40. The van der Waals surface area contributed by atoms with Crippen molar-refractivity contribution < 1.29 is 13.6 Å². The molecule has 0 spiro atoms. The lowest BCUT2D eigenvalue weighted by Crippen LogP contribution is -1.98. The summed E-state index contributed by atoms with van der Waals surface area (Å²) >= 11 is 0. The minimum absolute atomic E-state index is 0.178. The first kappa shape index (κ1) is 14.9. The van der Waals surface area contributed by atoms with E-state index in [1.165, 1.54) is 12.3 Å². The van der Waals surface area contributed by atoms with Crippen molar-refractivity contribution in [3.8, 4) is 0 Å². The number of aryl methyl sites for hydroxylation is 2. The summed E-state index contributed by atoms with van der Waals surface area (Å²) in [6.07, 6.45) is 2.69. The van der Waals surface area contributed by atoms with Crippen molar-refractivity contribution in [3.63, 3.8) is 0 Å². The fraction of sp³-hybridized carbons (Fsp3) is 0.118. The average molecular weight is 287 g/mol. The van der Waals surface area contributed by atoms with Crippen molar-refractivity contribution in [3.05, 3.63) is 77.0 Å². The van der Waals surface area contributed by atoms with Gasteiger partial charge in [0.05, 0.1) is 0 Å². The van der Waals surface area contributed by atoms with Crippen LogP contribution in [0.2, 0.25) is 0 Å². The van der Waals surface area contributed by atoms with Crippen LogP contribution in [0.5, 0.6) is 0 Å². The van der Waals surface area contributed by atoms with E-state index in [-0.39, 0.29) is 11.5 Å². The van der Waals surface area contributed by atoms with Crippen LogP contribution in [0.1, 0.15) is 21.5 Å². The Morgan fingerprint density at radius 3 is 2.29 bits per heavy atom. The number of rotatable bonds is 4. The monoisotopic (exact) mass is 287 g/mol. The van der Waals surface area contributed by atoms with Crippen molar-refractivity contribution in [2.24, 2.45) is 0 Å². The summed E-state index contributed by atoms with van der Waals surface area (Å²) < 4.78 is 26.0. The molecule has 2 aromatic rings. The molecule has 0 saturated heterocycles. The van der Waals surface area contributed by atoms with Crippen LogP contribution < -0.4 is 5.32 Å². The van der Waals surface area contributed by atoms with Crippen molar-refractivity contribution in [1.82, 2.24) is 0 Å². The van der Waals surface area contributed by atoms with Gasteiger partial charge < -0.3 is 5.32 Å². The van der Waals surface area contributed by atoms with E-state index in [2.05, 4.69) is 5.32 Å². The van der Waals surface area contributed by atoms with Crippen LogP contribution in [0, 0.1) is 25.5 Å². The summed E-state index contributed by atoms with van der Waals surface area (Å²) in [5.41, 5.74) is 2.97. The summed E-state index contributed by atoms with van der Waals surface area (Å²) in [7, 11) is 0. The maximum Gasteiger partial charge on any atom is 0.187 e. The normalized spacial score (nSPS) is 10.9. The molecule has 0 aromatic heterocycles. The molecule has 4 heteroatoms. The summed E-state index contributed by atoms with van der Waals surface area (Å²) in [5.74, 6) is -1.53. The molecule has 0 aliphatic heterocycles. The molecule has 2 nitrogen and oxygen atoms in total. The minimum Gasteiger partial charge on any atom is -0.361 e. The SMILES string of the molecule is Cc1ccc(C(=O)C=CNc2cc(F)cc(F)c2)cc1C. The van der Waals surface area contributed by atoms with Gasteiger partial charge in [0.1, 0.15) is 11.6 Å². The van der Waals surface area contributed by atoms with Gasteiger partial charge in [0.2, 0.25) is 0 Å². The van der Waals surface area contributed by atoms with E-state index >= 15 is 0 Å². The highest BCUT2D eigenvalue weighted by molar-refractivity contribution is 6.04. The van der Waals surface area contributed by atoms with E-state index in [0.29, 0.717) is 5.56 Å². The maximum absolute atomic E-state index is 13.0. The molecule has 0 aliphatic rings. The van der Waals surface area contributed by atoms with Gasteiger partial charge in [-0.15, -0.1) is 0 Å². The summed E-state index contributed by atoms with van der Waals surface area (Å²) in [4.78, 5) is 12.0. The van der Waals surface area contributed by atoms with Crippen molar-refractivity contribution in [2.75, 3.05) is 5.32 Å². The summed E-state index contributed by atoms with van der Waals surface area (Å²) in [5, 5.41) is 2.67. The van der Waals surface area contributed by atoms with Gasteiger partial charge in [-0.2, -0.15) is 0 Å². The van der Waals surface area contributed by atoms with Gasteiger partial charge in [-0.3, -0.25) is 4.79 Å². The van der Waals surface area contributed by atoms with E-state index in [1.807, 2.05) is 26.0 Å². The molecule has 0 bridgehead atoms. The molecule has 0 aliphatic carbocycles. The second-order valence-electron chi connectivity index (χ2n) is 4.80. The van der Waals surface area contributed by atoms with Gasteiger partial charge in [-0.1, -0.05) is 12.1 Å². The smallest absolute Gasteiger partial charge is 0.187 e. The van der Waals surface area contributed by atoms with Gasteiger partial charge >= 0.3 is 0 Å². The molecule has 21 heavy (non-hydrogen) atoms. The zero-order valence-corrected chi connectivity index (χ0v) is 11.8. The van der Waals surface area contributed by atoms with Crippen LogP contribution in [-0.4, -0.2) is 5.78 Å². The molecule has 0 saturated carbocycles. The van der Waals surface area contributed by atoms with Gasteiger partial charge in [0.15, 0.2) is 5.78 Å². The molecule has 0 atom stereocenters. The van der Waals surface area contributed by atoms with Crippen LogP contribution >= 0.6 is 0 Å². The summed E-state index contributed by atoms with van der Waals surface area (Å²) in [6.45, 7) is 3.91. The third-order valence-electron chi connectivity index (χ3n) is 3.14. The van der Waals surface area contributed by atoms with E-state index in [4.69, 9.17) is 0 Å². The van der Waals surface area contributed by atoms with E-state index in [1.54, 1.807) is 6.07 Å². The van der Waals surface area contributed by atoms with Crippen molar-refractivity contribution in [1.29, 1.82) is 0 Å². The number of hydrogen-bond donors (Lipinski definition) is 1. The standard InChI is InChI=1S/C17H15F2NO/c1-11-3-4-13(7-12(11)2)17(21)5-6-20-16-9-14(18)8-15(19)10-16/h3-10,20H,1-2H3. The number of halogens is 2. The Bertz CT molecular complexity index is 688. The third kappa shape index (κ3) is 3.99. The Hall–Kier alpha value is -2.49. The molecular weight excluding hydrogens is 272 g/mol. The quantitative estimate of drug-likeness (QED) is 0.667. The van der Waals surface area contributed by atoms with E-state index < -0.39 is 11.6 Å². The van der Waals surface area contributed by atoms with Crippen LogP contribution in [0.25, 0.3) is 0 Å². The number of nitrogens with one attached hydrogen (secondary N) is 1. The third-order valence-corrected chi connectivity index (χ3v) is 3.14. The number of benzene rings is 2. The lowest BCUT2D eigenvalue weighted by atomic mass is 10.0. The van der Waals surface area contributed by atoms with Gasteiger partial charge in [0, 0.05) is 29.6 Å². The fourth-order valence-corrected chi connectivity index (χ4v) is 1.84. The second-order valence-corrected chi connectivity index (χ2v) is 4.80. The molecule has 0 fully saturated rings. The highest BCUT2D eigenvalue weighted by Gasteiger charge is 2.03. The Labute approximate surface area is 122 Å². The lowest BCUT2D eigenvalue weighted by molar-refractivity contribution is 0.104. The number of hydrogen-bond acceptors (Lipinski definition) is 2. The predicted molar refractivity (Wildman–Crippen MR) is 79.4 cm³/mol. The van der Waals surface area contributed by atoms with Crippen molar-refractivity contribution in [2.45, 2.75) is 13.8 Å². The van der Waals surface area contributed by atoms with Crippen LogP contribution in [-0.2, 0) is 0 Å². The first-order valence-electron chi connectivity index (χ1n) is 6.46. The Kier molecular flexibility index (Phi) is 4.48. The van der Waals surface area contributed by atoms with Gasteiger partial charge in [0.25, 0.3) is 0 Å². The maximum atomic E-state index is 13.0. The molecule has 0 unspecified atom stereocenters. The van der Waals surface area contributed by atoms with Crippen LogP contribution in [0.15, 0.2) is 48.7 Å². The number of allylic oxidation sites excluding steroid dienone is 1. The zero-order valence-electron chi connectivity index (χ0n) is 11.8. The van der Waals surface area contributed by atoms with Crippen LogP contribution in [0.4, 0.5) is 14.5 Å². The molecule has 1 N–H and O–H groups in total. The highest BCUT2D eigenvalue weighted by atomic mass is 19.1. The Morgan fingerprint density at radius 1 is 1.00 bits per heavy atom. The number of carbonyl (C=O) groups is 1. The minimum atomic E-state index is -0.675. The second kappa shape index (κ2) is 6.31. The number of carbonyl (C=O) groups excluding carboxylic acids is 1. The van der Waals surface area contributed by atoms with Gasteiger partial charge in [-0.05, 0) is 43.2 Å². The molecular formula is C17H15F2NO. The predicted octanol–water partition coefficient (Wildman–Crippen LogP) is 4.39. The molecule has 2 rings (SSSR count). The Balaban J connectivity index is 2.06. The topological polar surface area (TPSA) is 29.1 Å². The molecule has 0 radical (unpaired) electrons. The summed E-state index contributed by atoms with van der Waals surface area (Å²) in [6, 6.07) is 8.52. The lowest BCUT2D eigenvalue weighted by Gasteiger charge is -2.03. The molecule has 0 heterocycles. The fourth-order valence-electron chi connectivity index (χ4n) is 1.84. The number of anilines is 1. The molecule has 0 amide bonds. The molecule has 2 aromatic carbocycles. The van der Waals surface area contributed by atoms with E-state index in [0.717, 1.165) is 29.3 Å². The molecule has 108 valence electrons. The van der Waals surface area contributed by atoms with Crippen molar-refractivity contribution >= 4 is 11.5 Å². The Morgan fingerprint density at radius 2 is 1.67 bits per heavy atom. The van der Waals surface area contributed by atoms with Gasteiger partial charge in [-0.25, -0.2) is 8.78 Å². The van der Waals surface area contributed by atoms with E-state index in [9.17, 15) is 13.6 Å². The highest BCUT2D eigenvalue weighted by Crippen LogP contribution is 2.13. The first-order chi connectivity index (χ1) is 9.95. The zero-order chi connectivity index (χ0) is 15.4. The number of ketones is 1. The largest absolute Gasteiger partial charge is 0.361 e. The first-order valence-corrected chi connectivity index (χ1v) is 6.46. The van der Waals surface area contributed by atoms with Crippen LogP contribution in [0.3, 0.4) is 0 Å².